The minimum absolute atomic E-state index is 0.0380. The van der Waals surface area contributed by atoms with Crippen molar-refractivity contribution in [2.45, 2.75) is 64.2 Å². The van der Waals surface area contributed by atoms with Gasteiger partial charge in [0.15, 0.2) is 0 Å². The molecule has 1 aromatic rings. The van der Waals surface area contributed by atoms with Crippen molar-refractivity contribution >= 4 is 11.6 Å². The Labute approximate surface area is 115 Å². The molecule has 1 aromatic carbocycles. The number of aryl methyl sites for hydroxylation is 1. The molecule has 2 heteroatoms. The van der Waals surface area contributed by atoms with Crippen molar-refractivity contribution in [2.75, 3.05) is 5.32 Å². The highest BCUT2D eigenvalue weighted by Crippen LogP contribution is 2.56. The molecule has 0 aliphatic heterocycles. The minimum atomic E-state index is 0.0380. The number of rotatable bonds is 1. The summed E-state index contributed by atoms with van der Waals surface area (Å²) in [6.07, 6.45) is 6.63. The molecule has 102 valence electrons. The fourth-order valence-corrected chi connectivity index (χ4v) is 4.37. The van der Waals surface area contributed by atoms with Crippen molar-refractivity contribution < 1.29 is 4.79 Å². The van der Waals surface area contributed by atoms with E-state index in [0.717, 1.165) is 5.69 Å². The van der Waals surface area contributed by atoms with E-state index in [4.69, 9.17) is 0 Å². The van der Waals surface area contributed by atoms with Gasteiger partial charge in [-0.1, -0.05) is 31.9 Å². The zero-order valence-corrected chi connectivity index (χ0v) is 12.2. The van der Waals surface area contributed by atoms with Crippen molar-refractivity contribution in [3.8, 4) is 0 Å². The number of amides is 1. The summed E-state index contributed by atoms with van der Waals surface area (Å²) in [7, 11) is 0. The Bertz CT molecular complexity index is 526. The predicted octanol–water partition coefficient (Wildman–Crippen LogP) is 4.27. The van der Waals surface area contributed by atoms with E-state index in [1.807, 2.05) is 0 Å². The van der Waals surface area contributed by atoms with Gasteiger partial charge in [-0.2, -0.15) is 0 Å². The van der Waals surface area contributed by atoms with Gasteiger partial charge in [0.1, 0.15) is 0 Å². The smallest absolute Gasteiger partial charge is 0.221 e. The molecular formula is C17H23NO. The molecule has 2 aliphatic carbocycles. The van der Waals surface area contributed by atoms with Crippen molar-refractivity contribution in [3.05, 3.63) is 28.8 Å². The number of nitrogens with one attached hydrogen (secondary N) is 1. The number of carbonyl (C=O) groups excluding carboxylic acids is 1. The van der Waals surface area contributed by atoms with Crippen LogP contribution in [-0.2, 0) is 10.2 Å². The first-order chi connectivity index (χ1) is 9.03. The predicted molar refractivity (Wildman–Crippen MR) is 78.7 cm³/mol. The van der Waals surface area contributed by atoms with E-state index >= 15 is 0 Å². The van der Waals surface area contributed by atoms with Crippen molar-refractivity contribution in [2.24, 2.45) is 0 Å². The highest BCUT2D eigenvalue weighted by Gasteiger charge is 2.45. The van der Waals surface area contributed by atoms with Gasteiger partial charge in [0, 0.05) is 12.6 Å². The van der Waals surface area contributed by atoms with E-state index in [-0.39, 0.29) is 5.91 Å². The fraction of sp³-hybridized carbons (Fsp3) is 0.588. The van der Waals surface area contributed by atoms with E-state index in [0.29, 0.717) is 11.3 Å². The molecule has 1 amide bonds. The first-order valence-electron chi connectivity index (χ1n) is 7.45. The van der Waals surface area contributed by atoms with Crippen LogP contribution in [0.3, 0.4) is 0 Å². The number of carbonyl (C=O) groups is 1. The van der Waals surface area contributed by atoms with Crippen molar-refractivity contribution in [1.82, 2.24) is 0 Å². The summed E-state index contributed by atoms with van der Waals surface area (Å²) < 4.78 is 0. The highest BCUT2D eigenvalue weighted by molar-refractivity contribution is 5.91. The Hall–Kier alpha value is -1.31. The van der Waals surface area contributed by atoms with Crippen LogP contribution in [0.15, 0.2) is 12.1 Å². The summed E-state index contributed by atoms with van der Waals surface area (Å²) in [4.78, 5) is 11.5. The maximum Gasteiger partial charge on any atom is 0.221 e. The van der Waals surface area contributed by atoms with E-state index in [1.54, 1.807) is 6.92 Å². The molecule has 1 fully saturated rings. The quantitative estimate of drug-likeness (QED) is 0.799. The highest BCUT2D eigenvalue weighted by atomic mass is 16.1. The van der Waals surface area contributed by atoms with Gasteiger partial charge < -0.3 is 5.32 Å². The van der Waals surface area contributed by atoms with Crippen LogP contribution in [0.5, 0.6) is 0 Å². The van der Waals surface area contributed by atoms with Crippen LogP contribution in [0.25, 0.3) is 0 Å². The van der Waals surface area contributed by atoms with E-state index < -0.39 is 0 Å². The third-order valence-electron chi connectivity index (χ3n) is 5.08. The first-order valence-corrected chi connectivity index (χ1v) is 7.45. The third-order valence-corrected chi connectivity index (χ3v) is 5.08. The van der Waals surface area contributed by atoms with E-state index in [2.05, 4.69) is 31.3 Å². The molecule has 2 nitrogen and oxygen atoms in total. The van der Waals surface area contributed by atoms with Gasteiger partial charge in [0.2, 0.25) is 5.91 Å². The Morgan fingerprint density at radius 1 is 1.32 bits per heavy atom. The molecular weight excluding hydrogens is 234 g/mol. The van der Waals surface area contributed by atoms with Crippen LogP contribution in [0.2, 0.25) is 0 Å². The molecule has 1 saturated carbocycles. The summed E-state index contributed by atoms with van der Waals surface area (Å²) >= 11 is 0. The number of hydrogen-bond donors (Lipinski definition) is 1. The normalized spacial score (nSPS) is 23.6. The van der Waals surface area contributed by atoms with Gasteiger partial charge in [0.25, 0.3) is 0 Å². The van der Waals surface area contributed by atoms with Crippen LogP contribution >= 0.6 is 0 Å². The summed E-state index contributed by atoms with van der Waals surface area (Å²) in [5.74, 6) is 0.603. The Morgan fingerprint density at radius 2 is 2.00 bits per heavy atom. The second-order valence-electron chi connectivity index (χ2n) is 6.49. The van der Waals surface area contributed by atoms with Gasteiger partial charge in [-0.15, -0.1) is 0 Å². The summed E-state index contributed by atoms with van der Waals surface area (Å²) in [6, 6.07) is 4.51. The van der Waals surface area contributed by atoms with Crippen molar-refractivity contribution in [1.29, 1.82) is 0 Å². The lowest BCUT2D eigenvalue weighted by Crippen LogP contribution is -2.18. The number of fused-ring (bicyclic) bond motifs is 2. The zero-order chi connectivity index (χ0) is 13.6. The molecule has 2 aliphatic rings. The zero-order valence-electron chi connectivity index (χ0n) is 12.2. The Morgan fingerprint density at radius 3 is 2.63 bits per heavy atom. The van der Waals surface area contributed by atoms with Crippen LogP contribution in [0, 0.1) is 6.92 Å². The topological polar surface area (TPSA) is 29.1 Å². The van der Waals surface area contributed by atoms with Crippen LogP contribution in [0.4, 0.5) is 5.69 Å². The second-order valence-corrected chi connectivity index (χ2v) is 6.49. The Kier molecular flexibility index (Phi) is 2.92. The van der Waals surface area contributed by atoms with Gasteiger partial charge in [-0.05, 0) is 54.2 Å². The molecule has 0 radical (unpaired) electrons. The van der Waals surface area contributed by atoms with Gasteiger partial charge in [-0.3, -0.25) is 4.79 Å². The summed E-state index contributed by atoms with van der Waals surface area (Å²) in [5, 5.41) is 3.07. The van der Waals surface area contributed by atoms with E-state index in [1.165, 1.54) is 48.8 Å². The first kappa shape index (κ1) is 12.7. The lowest BCUT2D eigenvalue weighted by molar-refractivity contribution is -0.114. The van der Waals surface area contributed by atoms with Crippen LogP contribution in [0.1, 0.15) is 68.6 Å². The fourth-order valence-electron chi connectivity index (χ4n) is 4.37. The average Bonchev–Trinajstić information content (AvgIpc) is 2.90. The number of benzene rings is 1. The molecule has 1 atom stereocenters. The number of hydrogen-bond acceptors (Lipinski definition) is 1. The summed E-state index contributed by atoms with van der Waals surface area (Å²) in [6.45, 7) is 6.01. The standard InChI is InChI=1S/C17H23NO/c1-11-6-7-14-15(16(11)18-13(3)19)12(2)10-17(14)8-4-5-9-17/h6-7,12H,4-5,8-10H2,1-3H3,(H,18,19)/t12-/m0/s1. The second kappa shape index (κ2) is 4.36. The maximum atomic E-state index is 11.5. The van der Waals surface area contributed by atoms with E-state index in [9.17, 15) is 4.79 Å². The monoisotopic (exact) mass is 257 g/mol. The molecule has 0 aromatic heterocycles. The lowest BCUT2D eigenvalue weighted by Gasteiger charge is -2.25. The molecule has 3 rings (SSSR count). The van der Waals surface area contributed by atoms with Crippen molar-refractivity contribution in [3.63, 3.8) is 0 Å². The molecule has 0 bridgehead atoms. The minimum Gasteiger partial charge on any atom is -0.326 e. The van der Waals surface area contributed by atoms with Gasteiger partial charge in [-0.25, -0.2) is 0 Å². The number of anilines is 1. The van der Waals surface area contributed by atoms with Gasteiger partial charge >= 0.3 is 0 Å². The molecule has 1 N–H and O–H groups in total. The molecule has 0 heterocycles. The SMILES string of the molecule is CC(=O)Nc1c(C)ccc2c1[C@@H](C)CC21CCCC1. The lowest BCUT2D eigenvalue weighted by atomic mass is 9.79. The van der Waals surface area contributed by atoms with Crippen LogP contribution in [-0.4, -0.2) is 5.91 Å². The van der Waals surface area contributed by atoms with Gasteiger partial charge in [0.05, 0.1) is 0 Å². The Balaban J connectivity index is 2.14. The molecule has 0 unspecified atom stereocenters. The molecule has 0 saturated heterocycles. The third kappa shape index (κ3) is 1.89. The summed E-state index contributed by atoms with van der Waals surface area (Å²) in [5.41, 5.74) is 5.62. The average molecular weight is 257 g/mol. The van der Waals surface area contributed by atoms with Crippen LogP contribution < -0.4 is 5.32 Å². The maximum absolute atomic E-state index is 11.5. The molecule has 1 spiro atoms. The largest absolute Gasteiger partial charge is 0.326 e. The molecule has 19 heavy (non-hydrogen) atoms.